The van der Waals surface area contributed by atoms with Crippen LogP contribution in [0.2, 0.25) is 0 Å². The zero-order valence-corrected chi connectivity index (χ0v) is 11.8. The summed E-state index contributed by atoms with van der Waals surface area (Å²) < 4.78 is 12.9. The lowest BCUT2D eigenvalue weighted by Crippen LogP contribution is -2.41. The molecule has 2 unspecified atom stereocenters. The van der Waals surface area contributed by atoms with Gasteiger partial charge in [0.1, 0.15) is 5.82 Å². The number of aromatic nitrogens is 1. The molecule has 0 aliphatic carbocycles. The monoisotopic (exact) mass is 280 g/mol. The molecule has 110 valence electrons. The van der Waals surface area contributed by atoms with E-state index in [9.17, 15) is 9.18 Å². The summed E-state index contributed by atoms with van der Waals surface area (Å²) >= 11 is 0. The number of aliphatic carboxylic acids is 1. The van der Waals surface area contributed by atoms with Crippen LogP contribution in [0.1, 0.15) is 50.8 Å². The highest BCUT2D eigenvalue weighted by Crippen LogP contribution is 2.29. The van der Waals surface area contributed by atoms with Gasteiger partial charge in [-0.15, -0.1) is 0 Å². The van der Waals surface area contributed by atoms with Crippen LogP contribution >= 0.6 is 0 Å². The third kappa shape index (κ3) is 3.76. The molecule has 20 heavy (non-hydrogen) atoms. The SMILES string of the molecule is CC(c1ccc(F)cn1)N1CCCCC1CCC(=O)O. The van der Waals surface area contributed by atoms with E-state index in [4.69, 9.17) is 5.11 Å². The highest BCUT2D eigenvalue weighted by atomic mass is 19.1. The molecule has 0 amide bonds. The molecule has 1 aromatic heterocycles. The fraction of sp³-hybridized carbons (Fsp3) is 0.600. The van der Waals surface area contributed by atoms with Crippen molar-refractivity contribution in [1.29, 1.82) is 0 Å². The van der Waals surface area contributed by atoms with E-state index >= 15 is 0 Å². The summed E-state index contributed by atoms with van der Waals surface area (Å²) in [7, 11) is 0. The molecule has 1 fully saturated rings. The number of carbonyl (C=O) groups is 1. The van der Waals surface area contributed by atoms with Gasteiger partial charge in [-0.3, -0.25) is 14.7 Å². The molecule has 1 saturated heterocycles. The van der Waals surface area contributed by atoms with Crippen molar-refractivity contribution in [3.63, 3.8) is 0 Å². The summed E-state index contributed by atoms with van der Waals surface area (Å²) in [5.74, 6) is -1.08. The topological polar surface area (TPSA) is 53.4 Å². The third-order valence-electron chi connectivity index (χ3n) is 4.04. The lowest BCUT2D eigenvalue weighted by molar-refractivity contribution is -0.137. The summed E-state index contributed by atoms with van der Waals surface area (Å²) in [6, 6.07) is 3.51. The summed E-state index contributed by atoms with van der Waals surface area (Å²) in [6.07, 6.45) is 5.39. The average Bonchev–Trinajstić information content (AvgIpc) is 2.45. The van der Waals surface area contributed by atoms with E-state index in [2.05, 4.69) is 16.8 Å². The van der Waals surface area contributed by atoms with Crippen LogP contribution in [0, 0.1) is 5.82 Å². The van der Waals surface area contributed by atoms with Gasteiger partial charge in [-0.2, -0.15) is 0 Å². The van der Waals surface area contributed by atoms with Crippen LogP contribution in [0.5, 0.6) is 0 Å². The highest BCUT2D eigenvalue weighted by molar-refractivity contribution is 5.66. The molecule has 4 nitrogen and oxygen atoms in total. The van der Waals surface area contributed by atoms with Gasteiger partial charge in [-0.1, -0.05) is 6.42 Å². The molecule has 1 N–H and O–H groups in total. The van der Waals surface area contributed by atoms with Crippen LogP contribution in [-0.4, -0.2) is 33.5 Å². The number of carboxylic acid groups (broad SMARTS) is 1. The Bertz CT molecular complexity index is 450. The van der Waals surface area contributed by atoms with Crippen LogP contribution in [0.15, 0.2) is 18.3 Å². The van der Waals surface area contributed by atoms with Crippen molar-refractivity contribution in [3.05, 3.63) is 29.8 Å². The van der Waals surface area contributed by atoms with E-state index in [1.165, 1.54) is 12.3 Å². The maximum Gasteiger partial charge on any atom is 0.303 e. The molecule has 1 aliphatic rings. The zero-order chi connectivity index (χ0) is 14.5. The number of hydrogen-bond donors (Lipinski definition) is 1. The zero-order valence-electron chi connectivity index (χ0n) is 11.8. The molecule has 0 saturated carbocycles. The van der Waals surface area contributed by atoms with E-state index in [0.29, 0.717) is 6.42 Å². The van der Waals surface area contributed by atoms with Gasteiger partial charge in [-0.25, -0.2) is 4.39 Å². The van der Waals surface area contributed by atoms with E-state index < -0.39 is 5.97 Å². The molecule has 1 aromatic rings. The van der Waals surface area contributed by atoms with Gasteiger partial charge in [0, 0.05) is 18.5 Å². The smallest absolute Gasteiger partial charge is 0.303 e. The lowest BCUT2D eigenvalue weighted by atomic mass is 9.95. The van der Waals surface area contributed by atoms with Gasteiger partial charge < -0.3 is 5.11 Å². The van der Waals surface area contributed by atoms with Crippen LogP contribution in [-0.2, 0) is 4.79 Å². The minimum Gasteiger partial charge on any atom is -0.481 e. The van der Waals surface area contributed by atoms with E-state index in [0.717, 1.165) is 31.5 Å². The van der Waals surface area contributed by atoms with E-state index in [1.54, 1.807) is 6.07 Å². The first kappa shape index (κ1) is 14.9. The first-order valence-corrected chi connectivity index (χ1v) is 7.17. The minimum absolute atomic E-state index is 0.0923. The summed E-state index contributed by atoms with van der Waals surface area (Å²) in [5, 5.41) is 8.84. The highest BCUT2D eigenvalue weighted by Gasteiger charge is 2.28. The van der Waals surface area contributed by atoms with Crippen LogP contribution in [0.25, 0.3) is 0 Å². The molecule has 0 radical (unpaired) electrons. The van der Waals surface area contributed by atoms with Crippen molar-refractivity contribution in [2.75, 3.05) is 6.54 Å². The number of halogens is 1. The normalized spacial score (nSPS) is 21.6. The Balaban J connectivity index is 2.06. The Labute approximate surface area is 118 Å². The number of likely N-dealkylation sites (tertiary alicyclic amines) is 1. The number of hydrogen-bond acceptors (Lipinski definition) is 3. The first-order chi connectivity index (χ1) is 9.58. The van der Waals surface area contributed by atoms with Crippen molar-refractivity contribution >= 4 is 5.97 Å². The molecule has 2 heterocycles. The standard InChI is InChI=1S/C15H21FN2O2/c1-11(14-7-5-12(16)10-17-14)18-9-3-2-4-13(18)6-8-15(19)20/h5,7,10-11,13H,2-4,6,8-9H2,1H3,(H,19,20). The summed E-state index contributed by atoms with van der Waals surface area (Å²) in [4.78, 5) is 17.2. The van der Waals surface area contributed by atoms with Crippen molar-refractivity contribution in [3.8, 4) is 0 Å². The Morgan fingerprint density at radius 2 is 2.35 bits per heavy atom. The van der Waals surface area contributed by atoms with E-state index in [-0.39, 0.29) is 24.3 Å². The van der Waals surface area contributed by atoms with Crippen LogP contribution in [0.3, 0.4) is 0 Å². The lowest BCUT2D eigenvalue weighted by Gasteiger charge is -2.39. The van der Waals surface area contributed by atoms with Crippen molar-refractivity contribution in [2.45, 2.75) is 51.1 Å². The number of pyridine rings is 1. The van der Waals surface area contributed by atoms with Gasteiger partial charge >= 0.3 is 5.97 Å². The predicted molar refractivity (Wildman–Crippen MR) is 73.8 cm³/mol. The number of piperidine rings is 1. The molecule has 0 bridgehead atoms. The van der Waals surface area contributed by atoms with Gasteiger partial charge in [-0.05, 0) is 44.9 Å². The average molecular weight is 280 g/mol. The van der Waals surface area contributed by atoms with Gasteiger partial charge in [0.25, 0.3) is 0 Å². The van der Waals surface area contributed by atoms with Crippen molar-refractivity contribution in [1.82, 2.24) is 9.88 Å². The second kappa shape index (κ2) is 6.79. The Morgan fingerprint density at radius 1 is 1.55 bits per heavy atom. The van der Waals surface area contributed by atoms with Crippen LogP contribution < -0.4 is 0 Å². The molecule has 5 heteroatoms. The molecule has 0 aromatic carbocycles. The molecule has 2 rings (SSSR count). The van der Waals surface area contributed by atoms with Crippen molar-refractivity contribution in [2.24, 2.45) is 0 Å². The summed E-state index contributed by atoms with van der Waals surface area (Å²) in [6.45, 7) is 3.00. The van der Waals surface area contributed by atoms with Crippen LogP contribution in [0.4, 0.5) is 4.39 Å². The van der Waals surface area contributed by atoms with Gasteiger partial charge in [0.15, 0.2) is 0 Å². The maximum atomic E-state index is 12.9. The predicted octanol–water partition coefficient (Wildman–Crippen LogP) is 3.00. The number of nitrogens with zero attached hydrogens (tertiary/aromatic N) is 2. The Hall–Kier alpha value is -1.49. The number of rotatable bonds is 5. The molecule has 0 spiro atoms. The van der Waals surface area contributed by atoms with Gasteiger partial charge in [0.2, 0.25) is 0 Å². The second-order valence-electron chi connectivity index (χ2n) is 5.40. The minimum atomic E-state index is -0.747. The largest absolute Gasteiger partial charge is 0.481 e. The fourth-order valence-corrected chi connectivity index (χ4v) is 2.94. The first-order valence-electron chi connectivity index (χ1n) is 7.17. The quantitative estimate of drug-likeness (QED) is 0.901. The fourth-order valence-electron chi connectivity index (χ4n) is 2.94. The Kier molecular flexibility index (Phi) is 5.06. The molecular formula is C15H21FN2O2. The third-order valence-corrected chi connectivity index (χ3v) is 4.04. The second-order valence-corrected chi connectivity index (χ2v) is 5.40. The molecule has 2 atom stereocenters. The van der Waals surface area contributed by atoms with Gasteiger partial charge in [0.05, 0.1) is 11.9 Å². The maximum absolute atomic E-state index is 12.9. The number of carboxylic acids is 1. The Morgan fingerprint density at radius 3 is 3.00 bits per heavy atom. The van der Waals surface area contributed by atoms with E-state index in [1.807, 2.05) is 0 Å². The summed E-state index contributed by atoms with van der Waals surface area (Å²) in [5.41, 5.74) is 0.841. The molecular weight excluding hydrogens is 259 g/mol. The van der Waals surface area contributed by atoms with Crippen molar-refractivity contribution < 1.29 is 14.3 Å². The molecule has 1 aliphatic heterocycles.